The van der Waals surface area contributed by atoms with Crippen molar-refractivity contribution in [3.8, 4) is 0 Å². The second-order valence-electron chi connectivity index (χ2n) is 0.0589. The van der Waals surface area contributed by atoms with Crippen molar-refractivity contribution in [2.75, 3.05) is 0 Å². The molecule has 0 aliphatic carbocycles. The van der Waals surface area contributed by atoms with Crippen LogP contribution in [0.25, 0.3) is 0 Å². The van der Waals surface area contributed by atoms with Crippen LogP contribution < -0.4 is 0 Å². The van der Waals surface area contributed by atoms with Gasteiger partial charge in [0, 0.05) is 17.1 Å². The SMILES string of the molecule is [Cu].[S]=[Fe]=[S]. The summed E-state index contributed by atoms with van der Waals surface area (Å²) in [7, 11) is 8.42. The summed E-state index contributed by atoms with van der Waals surface area (Å²) in [4.78, 5) is 0. The Kier molecular flexibility index (Phi) is 20.0. The van der Waals surface area contributed by atoms with Crippen LogP contribution in [-0.4, -0.2) is 0 Å². The van der Waals surface area contributed by atoms with Gasteiger partial charge in [0.1, 0.15) is 0 Å². The van der Waals surface area contributed by atoms with Crippen molar-refractivity contribution in [1.29, 1.82) is 0 Å². The minimum absolute atomic E-state index is 0. The van der Waals surface area contributed by atoms with Crippen molar-refractivity contribution in [2.24, 2.45) is 0 Å². The molecule has 0 rings (SSSR count). The summed E-state index contributed by atoms with van der Waals surface area (Å²) in [6, 6.07) is 0. The molecule has 0 saturated carbocycles. The zero-order chi connectivity index (χ0) is 2.71. The van der Waals surface area contributed by atoms with Crippen LogP contribution in [0.4, 0.5) is 0 Å². The molecule has 0 bridgehead atoms. The molecule has 0 aromatic rings. The molecule has 0 unspecified atom stereocenters. The summed E-state index contributed by atoms with van der Waals surface area (Å²) in [5.41, 5.74) is 0. The van der Waals surface area contributed by atoms with Crippen LogP contribution in [0.1, 0.15) is 0 Å². The predicted octanol–water partition coefficient (Wildman–Crippen LogP) is 1.29. The molecule has 0 heterocycles. The number of hydrogen-bond acceptors (Lipinski definition) is 2. The summed E-state index contributed by atoms with van der Waals surface area (Å²) in [6.07, 6.45) is 0. The zero-order valence-corrected chi connectivity index (χ0v) is 5.15. The molecule has 0 atom stereocenters. The van der Waals surface area contributed by atoms with Crippen LogP contribution in [0.2, 0.25) is 0 Å². The fraction of sp³-hybridized carbons (Fsp3) is 0. The maximum atomic E-state index is 4.21. The molecule has 4 heavy (non-hydrogen) atoms. The van der Waals surface area contributed by atoms with Gasteiger partial charge in [-0.1, -0.05) is 0 Å². The molecule has 0 aromatic heterocycles. The van der Waals surface area contributed by atoms with Gasteiger partial charge in [0.15, 0.2) is 0 Å². The van der Waals surface area contributed by atoms with E-state index < -0.39 is 0 Å². The second kappa shape index (κ2) is 8.82. The van der Waals surface area contributed by atoms with Crippen LogP contribution in [0.3, 0.4) is 0 Å². The fourth-order valence-electron chi connectivity index (χ4n) is 0. The van der Waals surface area contributed by atoms with E-state index in [1.807, 2.05) is 0 Å². The molecule has 0 saturated heterocycles. The van der Waals surface area contributed by atoms with Gasteiger partial charge in [0.05, 0.1) is 0 Å². The Labute approximate surface area is 49.7 Å². The third kappa shape index (κ3) is 9.77. The zero-order valence-electron chi connectivity index (χ0n) is 1.47. The van der Waals surface area contributed by atoms with Crippen LogP contribution >= 0.6 is 21.1 Å². The molecule has 1 radical (unpaired) electrons. The van der Waals surface area contributed by atoms with Gasteiger partial charge in [-0.05, 0) is 0 Å². The van der Waals surface area contributed by atoms with Crippen molar-refractivity contribution in [3.63, 3.8) is 0 Å². The maximum absolute atomic E-state index is 4.21. The summed E-state index contributed by atoms with van der Waals surface area (Å²) >= 11 is 0.417. The molecule has 31 valence electrons. The van der Waals surface area contributed by atoms with Gasteiger partial charge in [0.25, 0.3) is 0 Å². The first-order valence-electron chi connectivity index (χ1n) is 0.289. The van der Waals surface area contributed by atoms with E-state index in [9.17, 15) is 0 Å². The molecular formula is CuFeS2. The van der Waals surface area contributed by atoms with Crippen molar-refractivity contribution in [3.05, 3.63) is 0 Å². The first-order chi connectivity index (χ1) is 1.41. The second-order valence-corrected chi connectivity index (χ2v) is 2.19. The predicted molar refractivity (Wildman–Crippen MR) is 15.2 cm³/mol. The summed E-state index contributed by atoms with van der Waals surface area (Å²) in [5, 5.41) is 0. The van der Waals surface area contributed by atoms with Crippen LogP contribution in [0.5, 0.6) is 0 Å². The van der Waals surface area contributed by atoms with Crippen LogP contribution in [0, 0.1) is 0 Å². The topological polar surface area (TPSA) is 0 Å². The number of hydrogen-bond donors (Lipinski definition) is 0. The van der Waals surface area contributed by atoms with Gasteiger partial charge in [-0.25, -0.2) is 0 Å². The van der Waals surface area contributed by atoms with Crippen molar-refractivity contribution >= 4 is 21.1 Å². The van der Waals surface area contributed by atoms with E-state index in [1.54, 1.807) is 0 Å². The van der Waals surface area contributed by atoms with E-state index in [4.69, 9.17) is 0 Å². The molecule has 0 N–H and O–H groups in total. The van der Waals surface area contributed by atoms with E-state index in [0.29, 0.717) is 11.7 Å². The molecule has 0 fully saturated rings. The molecular weight excluding hydrogens is 184 g/mol. The Balaban J connectivity index is 0. The molecule has 0 amide bonds. The first-order valence-corrected chi connectivity index (χ1v) is 3.57. The Morgan fingerprint density at radius 2 is 1.25 bits per heavy atom. The van der Waals surface area contributed by atoms with Crippen molar-refractivity contribution < 1.29 is 28.8 Å². The summed E-state index contributed by atoms with van der Waals surface area (Å²) < 4.78 is 0. The third-order valence-electron chi connectivity index (χ3n) is 0. The average molecular weight is 184 g/mol. The first kappa shape index (κ1) is 9.08. The Hall–Kier alpha value is 1.48. The standard InChI is InChI=1S/Cu.Fe.2S. The van der Waals surface area contributed by atoms with E-state index in [1.165, 1.54) is 0 Å². The van der Waals surface area contributed by atoms with Crippen LogP contribution in [0.15, 0.2) is 0 Å². The molecule has 0 nitrogen and oxygen atoms in total. The Bertz CT molecular complexity index is 27.0. The van der Waals surface area contributed by atoms with Gasteiger partial charge in [0.2, 0.25) is 0 Å². The summed E-state index contributed by atoms with van der Waals surface area (Å²) in [5.74, 6) is 0. The quantitative estimate of drug-likeness (QED) is 0.519. The summed E-state index contributed by atoms with van der Waals surface area (Å²) in [6.45, 7) is 0. The minimum atomic E-state index is 0. The monoisotopic (exact) mass is 183 g/mol. The average Bonchev–Trinajstić information content (AvgIpc) is 0.918. The van der Waals surface area contributed by atoms with Crippen molar-refractivity contribution in [1.82, 2.24) is 0 Å². The van der Waals surface area contributed by atoms with Crippen LogP contribution in [-0.2, 0) is 28.8 Å². The molecule has 0 aliphatic heterocycles. The van der Waals surface area contributed by atoms with Crippen molar-refractivity contribution in [2.45, 2.75) is 0 Å². The molecule has 0 aromatic carbocycles. The third-order valence-corrected chi connectivity index (χ3v) is 0. The molecule has 4 heteroatoms. The van der Waals surface area contributed by atoms with Gasteiger partial charge >= 0.3 is 32.8 Å². The van der Waals surface area contributed by atoms with Gasteiger partial charge in [-0.15, -0.1) is 0 Å². The van der Waals surface area contributed by atoms with E-state index in [2.05, 4.69) is 21.1 Å². The normalized spacial score (nSPS) is 4.00. The molecule has 0 aliphatic rings. The van der Waals surface area contributed by atoms with E-state index in [0.717, 1.165) is 0 Å². The number of rotatable bonds is 0. The Morgan fingerprint density at radius 1 is 1.25 bits per heavy atom. The molecule has 0 spiro atoms. The fourth-order valence-corrected chi connectivity index (χ4v) is 0. The van der Waals surface area contributed by atoms with Gasteiger partial charge in [-0.3, -0.25) is 0 Å². The van der Waals surface area contributed by atoms with Gasteiger partial charge in [-0.2, -0.15) is 0 Å². The van der Waals surface area contributed by atoms with E-state index in [-0.39, 0.29) is 17.1 Å². The Morgan fingerprint density at radius 3 is 1.25 bits per heavy atom. The van der Waals surface area contributed by atoms with Gasteiger partial charge < -0.3 is 0 Å². The van der Waals surface area contributed by atoms with E-state index >= 15 is 0 Å².